The van der Waals surface area contributed by atoms with Crippen LogP contribution in [0, 0.1) is 0 Å². The highest BCUT2D eigenvalue weighted by Gasteiger charge is 2.23. The minimum absolute atomic E-state index is 0.0805. The minimum Gasteiger partial charge on any atom is -0.368 e. The first kappa shape index (κ1) is 24.1. The Hall–Kier alpha value is -1.55. The molecule has 0 radical (unpaired) electrons. The van der Waals surface area contributed by atoms with Crippen LogP contribution in [0.2, 0.25) is 5.15 Å². The van der Waals surface area contributed by atoms with E-state index in [-0.39, 0.29) is 36.7 Å². The van der Waals surface area contributed by atoms with E-state index in [2.05, 4.69) is 15.0 Å². The summed E-state index contributed by atoms with van der Waals surface area (Å²) in [6.07, 6.45) is 6.07. The van der Waals surface area contributed by atoms with Gasteiger partial charge in [-0.15, -0.1) is 0 Å². The Morgan fingerprint density at radius 3 is 2.81 bits per heavy atom. The van der Waals surface area contributed by atoms with Crippen molar-refractivity contribution >= 4 is 36.3 Å². The summed E-state index contributed by atoms with van der Waals surface area (Å²) in [6.45, 7) is 5.28. The van der Waals surface area contributed by atoms with Crippen LogP contribution in [0.15, 0.2) is 18.2 Å². The molecule has 1 aliphatic heterocycles. The quantitative estimate of drug-likeness (QED) is 0.378. The van der Waals surface area contributed by atoms with Gasteiger partial charge in [0.2, 0.25) is 5.95 Å². The molecule has 3 rings (SSSR count). The molecule has 172 valence electrons. The van der Waals surface area contributed by atoms with Crippen molar-refractivity contribution in [1.29, 1.82) is 0 Å². The Balaban J connectivity index is 1.76. The lowest BCUT2D eigenvalue weighted by Gasteiger charge is -2.26. The van der Waals surface area contributed by atoms with Gasteiger partial charge in [-0.1, -0.05) is 11.6 Å². The van der Waals surface area contributed by atoms with Gasteiger partial charge < -0.3 is 28.8 Å². The number of imidazole rings is 1. The number of nitrogen functional groups attached to an aromatic ring is 1. The van der Waals surface area contributed by atoms with Gasteiger partial charge in [-0.25, -0.2) is 4.98 Å². The molecule has 1 fully saturated rings. The van der Waals surface area contributed by atoms with Gasteiger partial charge >= 0.3 is 7.60 Å². The van der Waals surface area contributed by atoms with Crippen molar-refractivity contribution < 1.29 is 23.1 Å². The Morgan fingerprint density at radius 2 is 2.13 bits per heavy atom. The van der Waals surface area contributed by atoms with Crippen molar-refractivity contribution in [3.63, 3.8) is 0 Å². The van der Waals surface area contributed by atoms with Gasteiger partial charge in [0.15, 0.2) is 17.1 Å². The van der Waals surface area contributed by atoms with Crippen molar-refractivity contribution in [2.45, 2.75) is 58.5 Å². The molecule has 10 nitrogen and oxygen atoms in total. The summed E-state index contributed by atoms with van der Waals surface area (Å²) in [5.74, 6) is 1.55. The molecule has 1 aliphatic rings. The highest BCUT2D eigenvalue weighted by molar-refractivity contribution is 7.57. The molecule has 3 heterocycles. The summed E-state index contributed by atoms with van der Waals surface area (Å²) in [7, 11) is -3.34. The summed E-state index contributed by atoms with van der Waals surface area (Å²) in [4.78, 5) is 12.4. The van der Waals surface area contributed by atoms with Crippen molar-refractivity contribution in [2.75, 3.05) is 25.6 Å². The van der Waals surface area contributed by atoms with Crippen LogP contribution in [0.25, 0.3) is 11.2 Å². The number of aromatic nitrogens is 4. The highest BCUT2D eigenvalue weighted by atomic mass is 35.5. The largest absolute Gasteiger partial charge is 0.368 e. The minimum atomic E-state index is -3.34. The summed E-state index contributed by atoms with van der Waals surface area (Å²) in [5.41, 5.74) is 6.75. The van der Waals surface area contributed by atoms with Gasteiger partial charge in [0.05, 0.1) is 25.6 Å². The second-order valence-corrected chi connectivity index (χ2v) is 9.21. The zero-order valence-corrected chi connectivity index (χ0v) is 19.4. The van der Waals surface area contributed by atoms with E-state index in [0.717, 1.165) is 19.3 Å². The number of fused-ring (bicyclic) bond motifs is 1. The zero-order chi connectivity index (χ0) is 22.3. The Bertz CT molecular complexity index is 924. The number of halogens is 1. The fraction of sp³-hybridized carbons (Fsp3) is 0.632. The van der Waals surface area contributed by atoms with Gasteiger partial charge in [-0.05, 0) is 45.6 Å². The molecule has 0 bridgehead atoms. The molecule has 0 amide bonds. The van der Waals surface area contributed by atoms with E-state index >= 15 is 0 Å². The Kier molecular flexibility index (Phi) is 8.83. The fourth-order valence-corrected chi connectivity index (χ4v) is 4.85. The SMILES string of the molecule is CCOP(=O)(C=C[C@@H](CCn1cnc2c(Cl)nc(N)nc21)O[C@H]1CCCCO1)OCC. The third-order valence-electron chi connectivity index (χ3n) is 4.66. The van der Waals surface area contributed by atoms with Gasteiger partial charge in [0.1, 0.15) is 5.52 Å². The van der Waals surface area contributed by atoms with E-state index in [1.807, 2.05) is 4.57 Å². The second kappa shape index (κ2) is 11.4. The molecule has 0 spiro atoms. The normalized spacial score (nSPS) is 18.7. The topological polar surface area (TPSA) is 124 Å². The number of hydrogen-bond donors (Lipinski definition) is 1. The van der Waals surface area contributed by atoms with Crippen molar-refractivity contribution in [3.05, 3.63) is 23.4 Å². The standard InChI is InChI=1S/C19H29ClN5O5P/c1-3-28-31(26,29-4-2)12-9-14(30-15-7-5-6-11-27-15)8-10-25-13-22-16-17(20)23-19(21)24-18(16)25/h9,12-15H,3-8,10-11H2,1-2H3,(H2,21,23,24)/t14-,15+/m1/s1. The van der Waals surface area contributed by atoms with Crippen molar-refractivity contribution in [2.24, 2.45) is 0 Å². The number of anilines is 1. The Labute approximate surface area is 186 Å². The maximum Gasteiger partial charge on any atom is 0.353 e. The summed E-state index contributed by atoms with van der Waals surface area (Å²) >= 11 is 6.11. The second-order valence-electron chi connectivity index (χ2n) is 6.96. The summed E-state index contributed by atoms with van der Waals surface area (Å²) < 4.78 is 37.2. The average molecular weight is 474 g/mol. The van der Waals surface area contributed by atoms with Crippen LogP contribution in [0.5, 0.6) is 0 Å². The predicted octanol–water partition coefficient (Wildman–Crippen LogP) is 4.14. The lowest BCUT2D eigenvalue weighted by molar-refractivity contribution is -0.179. The van der Waals surface area contributed by atoms with Crippen LogP contribution in [0.3, 0.4) is 0 Å². The number of rotatable bonds is 11. The maximum atomic E-state index is 12.8. The molecule has 2 N–H and O–H groups in total. The first-order chi connectivity index (χ1) is 14.9. The number of ether oxygens (including phenoxy) is 2. The van der Waals surface area contributed by atoms with Crippen LogP contribution in [0.1, 0.15) is 39.5 Å². The third kappa shape index (κ3) is 6.71. The van der Waals surface area contributed by atoms with E-state index in [1.165, 1.54) is 5.82 Å². The average Bonchev–Trinajstić information content (AvgIpc) is 3.14. The molecule has 12 heteroatoms. The Morgan fingerprint density at radius 1 is 1.35 bits per heavy atom. The van der Waals surface area contributed by atoms with E-state index in [4.69, 9.17) is 35.9 Å². The lowest BCUT2D eigenvalue weighted by Crippen LogP contribution is -2.27. The van der Waals surface area contributed by atoms with Crippen LogP contribution in [0.4, 0.5) is 5.95 Å². The van der Waals surface area contributed by atoms with Crippen LogP contribution in [-0.4, -0.2) is 51.7 Å². The fourth-order valence-electron chi connectivity index (χ4n) is 3.26. The first-order valence-corrected chi connectivity index (χ1v) is 12.4. The molecule has 0 aromatic carbocycles. The monoisotopic (exact) mass is 473 g/mol. The van der Waals surface area contributed by atoms with E-state index in [0.29, 0.717) is 30.7 Å². The molecule has 2 aromatic heterocycles. The van der Waals surface area contributed by atoms with E-state index in [1.54, 1.807) is 26.3 Å². The van der Waals surface area contributed by atoms with Gasteiger partial charge in [0.25, 0.3) is 0 Å². The number of aryl methyl sites for hydroxylation is 1. The molecule has 0 unspecified atom stereocenters. The van der Waals surface area contributed by atoms with Crippen LogP contribution in [-0.2, 0) is 29.6 Å². The van der Waals surface area contributed by atoms with Gasteiger partial charge in [0, 0.05) is 19.0 Å². The van der Waals surface area contributed by atoms with Crippen molar-refractivity contribution in [1.82, 2.24) is 19.5 Å². The molecule has 1 saturated heterocycles. The summed E-state index contributed by atoms with van der Waals surface area (Å²) in [5, 5.41) is 0.207. The first-order valence-electron chi connectivity index (χ1n) is 10.4. The lowest BCUT2D eigenvalue weighted by atomic mass is 10.2. The third-order valence-corrected chi connectivity index (χ3v) is 6.70. The molecule has 2 aromatic rings. The zero-order valence-electron chi connectivity index (χ0n) is 17.8. The maximum absolute atomic E-state index is 12.8. The van der Waals surface area contributed by atoms with Gasteiger partial charge in [-0.3, -0.25) is 4.57 Å². The smallest absolute Gasteiger partial charge is 0.353 e. The number of hydrogen-bond acceptors (Lipinski definition) is 9. The number of nitrogens with two attached hydrogens (primary N) is 1. The van der Waals surface area contributed by atoms with E-state index in [9.17, 15) is 4.57 Å². The summed E-state index contributed by atoms with van der Waals surface area (Å²) in [6, 6.07) is 0. The molecular formula is C19H29ClN5O5P. The number of nitrogens with zero attached hydrogens (tertiary/aromatic N) is 4. The molecule has 2 atom stereocenters. The van der Waals surface area contributed by atoms with Crippen LogP contribution < -0.4 is 5.73 Å². The van der Waals surface area contributed by atoms with Crippen LogP contribution >= 0.6 is 19.2 Å². The van der Waals surface area contributed by atoms with E-state index < -0.39 is 7.60 Å². The highest BCUT2D eigenvalue weighted by Crippen LogP contribution is 2.49. The van der Waals surface area contributed by atoms with Crippen molar-refractivity contribution in [3.8, 4) is 0 Å². The molecular weight excluding hydrogens is 445 g/mol. The predicted molar refractivity (Wildman–Crippen MR) is 118 cm³/mol. The molecule has 31 heavy (non-hydrogen) atoms. The molecule has 0 saturated carbocycles. The van der Waals surface area contributed by atoms with Gasteiger partial charge in [-0.2, -0.15) is 9.97 Å². The molecule has 0 aliphatic carbocycles.